The molecule has 0 bridgehead atoms. The van der Waals surface area contributed by atoms with Crippen molar-refractivity contribution in [2.24, 2.45) is 0 Å². The lowest BCUT2D eigenvalue weighted by Crippen LogP contribution is -2.26. The van der Waals surface area contributed by atoms with Crippen molar-refractivity contribution >= 4 is 17.0 Å². The highest BCUT2D eigenvalue weighted by Gasteiger charge is 2.23. The molecule has 0 atom stereocenters. The molecule has 0 fully saturated rings. The summed E-state index contributed by atoms with van der Waals surface area (Å²) in [5, 5.41) is 0.242. The number of methoxy groups -OCH3 is 1. The Bertz CT molecular complexity index is 715. The third-order valence-corrected chi connectivity index (χ3v) is 3.22. The van der Waals surface area contributed by atoms with Crippen LogP contribution in [0.4, 0.5) is 0 Å². The van der Waals surface area contributed by atoms with Gasteiger partial charge in [-0.05, 0) is 13.3 Å². The van der Waals surface area contributed by atoms with Gasteiger partial charge in [0.1, 0.15) is 17.5 Å². The number of ether oxygens (including phenoxy) is 1. The summed E-state index contributed by atoms with van der Waals surface area (Å²) >= 11 is 0. The van der Waals surface area contributed by atoms with Gasteiger partial charge in [-0.3, -0.25) is 14.2 Å². The fourth-order valence-corrected chi connectivity index (χ4v) is 2.16. The molecular weight excluding hydrogens is 274 g/mol. The Morgan fingerprint density at radius 1 is 1.48 bits per heavy atom. The Morgan fingerprint density at radius 3 is 2.81 bits per heavy atom. The number of hydrogen-bond acceptors (Lipinski definition) is 5. The van der Waals surface area contributed by atoms with E-state index < -0.39 is 0 Å². The third-order valence-electron chi connectivity index (χ3n) is 3.22. The van der Waals surface area contributed by atoms with Crippen LogP contribution >= 0.6 is 0 Å². The summed E-state index contributed by atoms with van der Waals surface area (Å²) in [6, 6.07) is 0. The van der Waals surface area contributed by atoms with Gasteiger partial charge in [-0.2, -0.15) is 0 Å². The van der Waals surface area contributed by atoms with Crippen molar-refractivity contribution in [3.05, 3.63) is 28.0 Å². The molecule has 21 heavy (non-hydrogen) atoms. The number of aryl methyl sites for hydroxylation is 2. The minimum absolute atomic E-state index is 0.200. The molecule has 0 unspecified atom stereocenters. The number of fused-ring (bicyclic) bond motifs is 1. The number of aromatic nitrogens is 2. The van der Waals surface area contributed by atoms with Gasteiger partial charge in [0, 0.05) is 34.4 Å². The van der Waals surface area contributed by atoms with Gasteiger partial charge in [-0.15, -0.1) is 0 Å². The molecule has 0 spiro atoms. The number of amides is 1. The van der Waals surface area contributed by atoms with Gasteiger partial charge in [-0.1, -0.05) is 0 Å². The Labute approximate surface area is 122 Å². The van der Waals surface area contributed by atoms with E-state index in [0.717, 1.165) is 0 Å². The summed E-state index contributed by atoms with van der Waals surface area (Å²) in [7, 11) is 4.87. The summed E-state index contributed by atoms with van der Waals surface area (Å²) < 4.78 is 11.9. The molecule has 2 aromatic heterocycles. The van der Waals surface area contributed by atoms with Crippen LogP contribution in [-0.2, 0) is 11.3 Å². The summed E-state index contributed by atoms with van der Waals surface area (Å²) in [6.45, 7) is 2.70. The van der Waals surface area contributed by atoms with Crippen molar-refractivity contribution in [1.29, 1.82) is 0 Å². The molecule has 0 aliphatic rings. The first-order valence-corrected chi connectivity index (χ1v) is 6.66. The summed E-state index contributed by atoms with van der Waals surface area (Å²) in [5.74, 6) is 0.141. The van der Waals surface area contributed by atoms with E-state index in [0.29, 0.717) is 25.3 Å². The maximum atomic E-state index is 12.5. The SMILES string of the molecule is COCCCn1cnc2oc(C)c(C(=O)N(C)C)c2c1=O. The van der Waals surface area contributed by atoms with E-state index in [9.17, 15) is 9.59 Å². The zero-order chi connectivity index (χ0) is 15.6. The van der Waals surface area contributed by atoms with Crippen LogP contribution in [0, 0.1) is 6.92 Å². The normalized spacial score (nSPS) is 11.0. The number of carbonyl (C=O) groups is 1. The number of rotatable bonds is 5. The maximum absolute atomic E-state index is 12.5. The van der Waals surface area contributed by atoms with Gasteiger partial charge in [0.25, 0.3) is 11.5 Å². The molecule has 0 radical (unpaired) electrons. The van der Waals surface area contributed by atoms with Crippen molar-refractivity contribution < 1.29 is 13.9 Å². The lowest BCUT2D eigenvalue weighted by Gasteiger charge is -2.09. The molecule has 0 aromatic carbocycles. The van der Waals surface area contributed by atoms with Crippen molar-refractivity contribution in [1.82, 2.24) is 14.5 Å². The zero-order valence-corrected chi connectivity index (χ0v) is 12.7. The molecule has 0 aliphatic carbocycles. The molecular formula is C14H19N3O4. The number of furan rings is 1. The Morgan fingerprint density at radius 2 is 2.19 bits per heavy atom. The van der Waals surface area contributed by atoms with E-state index in [1.54, 1.807) is 28.1 Å². The second-order valence-corrected chi connectivity index (χ2v) is 5.00. The second-order valence-electron chi connectivity index (χ2n) is 5.00. The Hall–Kier alpha value is -2.15. The van der Waals surface area contributed by atoms with Crippen molar-refractivity contribution in [2.45, 2.75) is 19.9 Å². The fraction of sp³-hybridized carbons (Fsp3) is 0.500. The molecule has 7 heteroatoms. The van der Waals surface area contributed by atoms with E-state index in [1.807, 2.05) is 0 Å². The van der Waals surface area contributed by atoms with E-state index in [4.69, 9.17) is 9.15 Å². The van der Waals surface area contributed by atoms with Gasteiger partial charge in [0.05, 0.1) is 5.56 Å². The smallest absolute Gasteiger partial charge is 0.265 e. The van der Waals surface area contributed by atoms with Crippen molar-refractivity contribution in [3.8, 4) is 0 Å². The number of carbonyl (C=O) groups excluding carboxylic acids is 1. The summed E-state index contributed by atoms with van der Waals surface area (Å²) in [5.41, 5.74) is 0.220. The average Bonchev–Trinajstić information content (AvgIpc) is 2.77. The van der Waals surface area contributed by atoms with E-state index in [-0.39, 0.29) is 28.1 Å². The molecule has 0 N–H and O–H groups in total. The van der Waals surface area contributed by atoms with Gasteiger partial charge in [0.15, 0.2) is 0 Å². The largest absolute Gasteiger partial charge is 0.442 e. The minimum atomic E-state index is -0.266. The predicted molar refractivity (Wildman–Crippen MR) is 77.5 cm³/mol. The first kappa shape index (κ1) is 15.2. The lowest BCUT2D eigenvalue weighted by molar-refractivity contribution is 0.0827. The average molecular weight is 293 g/mol. The van der Waals surface area contributed by atoms with Crippen LogP contribution in [0.3, 0.4) is 0 Å². The molecule has 0 aliphatic heterocycles. The van der Waals surface area contributed by atoms with Crippen LogP contribution in [0.25, 0.3) is 11.1 Å². The summed E-state index contributed by atoms with van der Waals surface area (Å²) in [6.07, 6.45) is 2.13. The van der Waals surface area contributed by atoms with Crippen molar-refractivity contribution in [3.63, 3.8) is 0 Å². The van der Waals surface area contributed by atoms with Gasteiger partial charge in [-0.25, -0.2) is 4.98 Å². The van der Waals surface area contributed by atoms with Crippen LogP contribution in [0.1, 0.15) is 22.5 Å². The molecule has 0 saturated heterocycles. The molecule has 1 amide bonds. The highest BCUT2D eigenvalue weighted by atomic mass is 16.5. The molecule has 2 rings (SSSR count). The molecule has 114 valence electrons. The molecule has 0 saturated carbocycles. The minimum Gasteiger partial charge on any atom is -0.442 e. The highest BCUT2D eigenvalue weighted by Crippen LogP contribution is 2.21. The maximum Gasteiger partial charge on any atom is 0.265 e. The Kier molecular flexibility index (Phi) is 4.42. The quantitative estimate of drug-likeness (QED) is 0.770. The van der Waals surface area contributed by atoms with Crippen molar-refractivity contribution in [2.75, 3.05) is 27.8 Å². The molecule has 7 nitrogen and oxygen atoms in total. The van der Waals surface area contributed by atoms with Crippen LogP contribution in [0.15, 0.2) is 15.5 Å². The standard InChI is InChI=1S/C14H19N3O4/c1-9-10(13(18)16(2)3)11-12(21-9)15-8-17(14(11)19)6-5-7-20-4/h8H,5-7H2,1-4H3. The highest BCUT2D eigenvalue weighted by molar-refractivity contribution is 6.05. The first-order valence-electron chi connectivity index (χ1n) is 6.66. The van der Waals surface area contributed by atoms with Crippen LogP contribution in [0.2, 0.25) is 0 Å². The van der Waals surface area contributed by atoms with Gasteiger partial charge in [0.2, 0.25) is 5.71 Å². The number of nitrogens with zero attached hydrogens (tertiary/aromatic N) is 3. The monoisotopic (exact) mass is 293 g/mol. The molecule has 2 heterocycles. The second kappa shape index (κ2) is 6.09. The van der Waals surface area contributed by atoms with E-state index in [2.05, 4.69) is 4.98 Å². The topological polar surface area (TPSA) is 77.6 Å². The third kappa shape index (κ3) is 2.82. The van der Waals surface area contributed by atoms with Gasteiger partial charge >= 0.3 is 0 Å². The van der Waals surface area contributed by atoms with E-state index in [1.165, 1.54) is 15.8 Å². The predicted octanol–water partition coefficient (Wildman–Crippen LogP) is 1.04. The number of hydrogen-bond donors (Lipinski definition) is 0. The molecule has 2 aromatic rings. The summed E-state index contributed by atoms with van der Waals surface area (Å²) in [4.78, 5) is 30.3. The first-order chi connectivity index (χ1) is 9.97. The van der Waals surface area contributed by atoms with E-state index >= 15 is 0 Å². The van der Waals surface area contributed by atoms with Crippen LogP contribution < -0.4 is 5.56 Å². The lowest BCUT2D eigenvalue weighted by atomic mass is 10.1. The van der Waals surface area contributed by atoms with Crippen LogP contribution in [0.5, 0.6) is 0 Å². The zero-order valence-electron chi connectivity index (χ0n) is 12.7. The van der Waals surface area contributed by atoms with Crippen LogP contribution in [-0.4, -0.2) is 48.2 Å². The Balaban J connectivity index is 2.55. The van der Waals surface area contributed by atoms with Gasteiger partial charge < -0.3 is 14.1 Å². The fourth-order valence-electron chi connectivity index (χ4n) is 2.16.